The molecule has 0 aromatic heterocycles. The van der Waals surface area contributed by atoms with Gasteiger partial charge in [0.05, 0.1) is 5.69 Å². The van der Waals surface area contributed by atoms with Crippen LogP contribution in [0.2, 0.25) is 0 Å². The molecule has 1 saturated heterocycles. The fourth-order valence-corrected chi connectivity index (χ4v) is 3.01. The van der Waals surface area contributed by atoms with Gasteiger partial charge < -0.3 is 10.2 Å². The maximum atomic E-state index is 12.3. The van der Waals surface area contributed by atoms with Crippen LogP contribution in [-0.4, -0.2) is 29.9 Å². The molecule has 1 unspecified atom stereocenters. The average Bonchev–Trinajstić information content (AvgIpc) is 2.43. The molecular formula is C14H18Br2N2O. The molecule has 1 N–H and O–H groups in total. The maximum Gasteiger partial charge on any atom is 0.244 e. The highest BCUT2D eigenvalue weighted by Crippen LogP contribution is 2.27. The third-order valence-electron chi connectivity index (χ3n) is 3.34. The second kappa shape index (κ2) is 6.75. The van der Waals surface area contributed by atoms with Crippen molar-refractivity contribution in [2.24, 2.45) is 0 Å². The fraction of sp³-hybridized carbons (Fsp3) is 0.500. The molecule has 2 rings (SSSR count). The van der Waals surface area contributed by atoms with Crippen LogP contribution < -0.4 is 5.32 Å². The normalized spacial score (nSPS) is 17.1. The molecule has 0 saturated carbocycles. The Bertz CT molecular complexity index is 459. The predicted molar refractivity (Wildman–Crippen MR) is 85.4 cm³/mol. The Labute approximate surface area is 131 Å². The lowest BCUT2D eigenvalue weighted by molar-refractivity contribution is -0.132. The summed E-state index contributed by atoms with van der Waals surface area (Å²) in [5.74, 6) is 0.187. The number of carbonyl (C=O) groups excluding carboxylic acids is 1. The van der Waals surface area contributed by atoms with Crippen LogP contribution in [0, 0.1) is 0 Å². The molecule has 1 aromatic carbocycles. The van der Waals surface area contributed by atoms with Crippen molar-refractivity contribution in [2.75, 3.05) is 18.4 Å². The van der Waals surface area contributed by atoms with Crippen LogP contribution >= 0.6 is 31.9 Å². The number of piperidine rings is 1. The molecule has 1 atom stereocenters. The monoisotopic (exact) mass is 388 g/mol. The van der Waals surface area contributed by atoms with Crippen molar-refractivity contribution >= 4 is 43.5 Å². The lowest BCUT2D eigenvalue weighted by atomic mass is 10.1. The predicted octanol–water partition coefficient (Wildman–Crippen LogP) is 4.02. The van der Waals surface area contributed by atoms with Crippen molar-refractivity contribution in [3.8, 4) is 0 Å². The van der Waals surface area contributed by atoms with E-state index in [9.17, 15) is 4.79 Å². The summed E-state index contributed by atoms with van der Waals surface area (Å²) in [6, 6.07) is 5.70. The van der Waals surface area contributed by atoms with E-state index in [1.165, 1.54) is 6.42 Å². The second-order valence-corrected chi connectivity index (χ2v) is 6.65. The minimum Gasteiger partial charge on any atom is -0.373 e. The number of rotatable bonds is 3. The highest BCUT2D eigenvalue weighted by molar-refractivity contribution is 9.11. The van der Waals surface area contributed by atoms with Gasteiger partial charge in [0.15, 0.2) is 0 Å². The number of halogens is 2. The van der Waals surface area contributed by atoms with Gasteiger partial charge in [-0.25, -0.2) is 0 Å². The Morgan fingerprint density at radius 2 is 1.95 bits per heavy atom. The zero-order valence-corrected chi connectivity index (χ0v) is 14.1. The van der Waals surface area contributed by atoms with E-state index in [1.54, 1.807) is 0 Å². The van der Waals surface area contributed by atoms with Gasteiger partial charge in [0, 0.05) is 22.0 Å². The van der Waals surface area contributed by atoms with E-state index in [4.69, 9.17) is 0 Å². The van der Waals surface area contributed by atoms with E-state index in [0.717, 1.165) is 40.6 Å². The van der Waals surface area contributed by atoms with E-state index < -0.39 is 0 Å². The fourth-order valence-electron chi connectivity index (χ4n) is 2.29. The van der Waals surface area contributed by atoms with Gasteiger partial charge in [0.1, 0.15) is 6.04 Å². The third-order valence-corrected chi connectivity index (χ3v) is 4.52. The van der Waals surface area contributed by atoms with E-state index in [0.29, 0.717) is 0 Å². The summed E-state index contributed by atoms with van der Waals surface area (Å²) in [6.07, 6.45) is 3.49. The Balaban J connectivity index is 2.01. The SMILES string of the molecule is CC(Nc1cc(Br)ccc1Br)C(=O)N1CCCCC1. The number of anilines is 1. The lowest BCUT2D eigenvalue weighted by Crippen LogP contribution is -2.43. The molecule has 0 bridgehead atoms. The zero-order chi connectivity index (χ0) is 13.8. The van der Waals surface area contributed by atoms with Crippen molar-refractivity contribution in [3.63, 3.8) is 0 Å². The number of nitrogens with one attached hydrogen (secondary N) is 1. The molecule has 1 aliphatic heterocycles. The van der Waals surface area contributed by atoms with Crippen molar-refractivity contribution in [1.29, 1.82) is 0 Å². The van der Waals surface area contributed by atoms with Gasteiger partial charge in [0.25, 0.3) is 0 Å². The quantitative estimate of drug-likeness (QED) is 0.846. The zero-order valence-electron chi connectivity index (χ0n) is 11.0. The highest BCUT2D eigenvalue weighted by atomic mass is 79.9. The van der Waals surface area contributed by atoms with Crippen molar-refractivity contribution in [1.82, 2.24) is 4.90 Å². The molecule has 0 radical (unpaired) electrons. The average molecular weight is 390 g/mol. The molecule has 1 aliphatic rings. The van der Waals surface area contributed by atoms with Gasteiger partial charge in [0.2, 0.25) is 5.91 Å². The molecule has 104 valence electrons. The van der Waals surface area contributed by atoms with E-state index in [2.05, 4.69) is 37.2 Å². The van der Waals surface area contributed by atoms with E-state index in [1.807, 2.05) is 30.0 Å². The Morgan fingerprint density at radius 3 is 2.63 bits per heavy atom. The van der Waals surface area contributed by atoms with Crippen LogP contribution in [0.15, 0.2) is 27.1 Å². The first-order valence-corrected chi connectivity index (χ1v) is 8.17. The summed E-state index contributed by atoms with van der Waals surface area (Å²) in [4.78, 5) is 14.3. The number of hydrogen-bond acceptors (Lipinski definition) is 2. The second-order valence-electron chi connectivity index (χ2n) is 4.88. The first-order chi connectivity index (χ1) is 9.08. The van der Waals surface area contributed by atoms with E-state index in [-0.39, 0.29) is 11.9 Å². The standard InChI is InChI=1S/C14H18Br2N2O/c1-10(14(19)18-7-3-2-4-8-18)17-13-9-11(15)5-6-12(13)16/h5-6,9-10,17H,2-4,7-8H2,1H3. The summed E-state index contributed by atoms with van der Waals surface area (Å²) in [5.41, 5.74) is 0.937. The number of nitrogens with zero attached hydrogens (tertiary/aromatic N) is 1. The molecule has 0 aliphatic carbocycles. The Kier molecular flexibility index (Phi) is 5.28. The van der Waals surface area contributed by atoms with Crippen molar-refractivity contribution < 1.29 is 4.79 Å². The minimum atomic E-state index is -0.205. The van der Waals surface area contributed by atoms with Crippen LogP contribution in [0.4, 0.5) is 5.69 Å². The van der Waals surface area contributed by atoms with Gasteiger partial charge >= 0.3 is 0 Å². The molecule has 1 heterocycles. The molecule has 19 heavy (non-hydrogen) atoms. The lowest BCUT2D eigenvalue weighted by Gasteiger charge is -2.30. The highest BCUT2D eigenvalue weighted by Gasteiger charge is 2.22. The third kappa shape index (κ3) is 3.96. The number of likely N-dealkylation sites (tertiary alicyclic amines) is 1. The number of benzene rings is 1. The molecule has 1 amide bonds. The van der Waals surface area contributed by atoms with Gasteiger partial charge in [-0.15, -0.1) is 0 Å². The van der Waals surface area contributed by atoms with Gasteiger partial charge in [-0.1, -0.05) is 15.9 Å². The first-order valence-electron chi connectivity index (χ1n) is 6.58. The van der Waals surface area contributed by atoms with E-state index >= 15 is 0 Å². The maximum absolute atomic E-state index is 12.3. The van der Waals surface area contributed by atoms with Crippen LogP contribution in [0.25, 0.3) is 0 Å². The molecule has 0 spiro atoms. The Hall–Kier alpha value is -0.550. The summed E-state index contributed by atoms with van der Waals surface area (Å²) in [7, 11) is 0. The topological polar surface area (TPSA) is 32.3 Å². The summed E-state index contributed by atoms with van der Waals surface area (Å²) in [5, 5.41) is 3.28. The molecule has 5 heteroatoms. The largest absolute Gasteiger partial charge is 0.373 e. The van der Waals surface area contributed by atoms with Gasteiger partial charge in [-0.05, 0) is 60.3 Å². The van der Waals surface area contributed by atoms with Crippen LogP contribution in [0.3, 0.4) is 0 Å². The summed E-state index contributed by atoms with van der Waals surface area (Å²) < 4.78 is 1.96. The molecular weight excluding hydrogens is 372 g/mol. The summed E-state index contributed by atoms with van der Waals surface area (Å²) in [6.45, 7) is 3.71. The molecule has 1 fully saturated rings. The van der Waals surface area contributed by atoms with Gasteiger partial charge in [-0.3, -0.25) is 4.79 Å². The van der Waals surface area contributed by atoms with Crippen molar-refractivity contribution in [2.45, 2.75) is 32.2 Å². The van der Waals surface area contributed by atoms with Crippen molar-refractivity contribution in [3.05, 3.63) is 27.1 Å². The smallest absolute Gasteiger partial charge is 0.244 e. The summed E-state index contributed by atoms with van der Waals surface area (Å²) >= 11 is 6.94. The first kappa shape index (κ1) is 14.9. The number of carbonyl (C=O) groups is 1. The minimum absolute atomic E-state index is 0.187. The molecule has 3 nitrogen and oxygen atoms in total. The molecule has 1 aromatic rings. The van der Waals surface area contributed by atoms with Crippen LogP contribution in [-0.2, 0) is 4.79 Å². The number of hydrogen-bond donors (Lipinski definition) is 1. The van der Waals surface area contributed by atoms with Gasteiger partial charge in [-0.2, -0.15) is 0 Å². The van der Waals surface area contributed by atoms with Crippen LogP contribution in [0.1, 0.15) is 26.2 Å². The Morgan fingerprint density at radius 1 is 1.26 bits per heavy atom. The number of amides is 1. The van der Waals surface area contributed by atoms with Crippen LogP contribution in [0.5, 0.6) is 0 Å².